The number of rotatable bonds is 4. The molecule has 1 nitrogen and oxygen atoms in total. The Hall–Kier alpha value is -1.03. The largest absolute Gasteiger partial charge is 0.198 e. The average molecular weight is 189 g/mol. The average Bonchev–Trinajstić information content (AvgIpc) is 2.25. The molecule has 0 aliphatic heterocycles. The van der Waals surface area contributed by atoms with Crippen molar-refractivity contribution in [1.82, 2.24) is 0 Å². The molecule has 0 saturated heterocycles. The first-order valence-corrected chi connectivity index (χ1v) is 5.43. The summed E-state index contributed by atoms with van der Waals surface area (Å²) in [6, 6.07) is 2.23. The van der Waals surface area contributed by atoms with Crippen molar-refractivity contribution in [3.05, 3.63) is 25.3 Å². The van der Waals surface area contributed by atoms with Crippen LogP contribution < -0.4 is 0 Å². The highest BCUT2D eigenvalue weighted by atomic mass is 14.3. The van der Waals surface area contributed by atoms with Crippen LogP contribution in [-0.4, -0.2) is 0 Å². The molecule has 0 N–H and O–H groups in total. The molecule has 0 heterocycles. The first kappa shape index (κ1) is 11.0. The number of nitriles is 1. The fourth-order valence-corrected chi connectivity index (χ4v) is 2.43. The molecule has 0 bridgehead atoms. The van der Waals surface area contributed by atoms with Crippen LogP contribution in [0.25, 0.3) is 0 Å². The maximum atomic E-state index is 8.58. The lowest BCUT2D eigenvalue weighted by molar-refractivity contribution is 0.232. The van der Waals surface area contributed by atoms with Crippen LogP contribution in [0.2, 0.25) is 0 Å². The molecule has 0 aromatic heterocycles. The Morgan fingerprint density at radius 1 is 1.29 bits per heavy atom. The van der Waals surface area contributed by atoms with E-state index in [2.05, 4.69) is 31.4 Å². The first-order chi connectivity index (χ1) is 6.81. The molecule has 3 unspecified atom stereocenters. The Morgan fingerprint density at radius 2 is 2.07 bits per heavy atom. The van der Waals surface area contributed by atoms with E-state index in [9.17, 15) is 0 Å². The maximum absolute atomic E-state index is 8.58. The van der Waals surface area contributed by atoms with Crippen LogP contribution in [0.4, 0.5) is 0 Å². The third-order valence-electron chi connectivity index (χ3n) is 3.34. The SMILES string of the molecule is C=CC1CCC(C=C)C(CCC#N)C1. The second kappa shape index (κ2) is 5.65. The van der Waals surface area contributed by atoms with E-state index in [-0.39, 0.29) is 0 Å². The van der Waals surface area contributed by atoms with Crippen LogP contribution in [0.5, 0.6) is 0 Å². The molecule has 0 amide bonds. The molecule has 1 heteroatoms. The summed E-state index contributed by atoms with van der Waals surface area (Å²) in [6.45, 7) is 7.74. The van der Waals surface area contributed by atoms with Crippen molar-refractivity contribution >= 4 is 0 Å². The van der Waals surface area contributed by atoms with Gasteiger partial charge in [0.05, 0.1) is 6.07 Å². The highest BCUT2D eigenvalue weighted by Gasteiger charge is 2.26. The molecule has 0 aromatic carbocycles. The van der Waals surface area contributed by atoms with E-state index in [0.29, 0.717) is 24.2 Å². The van der Waals surface area contributed by atoms with Crippen molar-refractivity contribution in [2.75, 3.05) is 0 Å². The van der Waals surface area contributed by atoms with E-state index in [1.807, 2.05) is 0 Å². The van der Waals surface area contributed by atoms with Crippen LogP contribution in [0.1, 0.15) is 32.1 Å². The van der Waals surface area contributed by atoms with Crippen LogP contribution in [0, 0.1) is 29.1 Å². The van der Waals surface area contributed by atoms with Gasteiger partial charge < -0.3 is 0 Å². The minimum atomic E-state index is 0.625. The third kappa shape index (κ3) is 2.73. The Morgan fingerprint density at radius 3 is 2.64 bits per heavy atom. The summed E-state index contributed by atoms with van der Waals surface area (Å²) in [5.41, 5.74) is 0. The van der Waals surface area contributed by atoms with Gasteiger partial charge in [0.1, 0.15) is 0 Å². The second-order valence-electron chi connectivity index (χ2n) is 4.17. The van der Waals surface area contributed by atoms with Crippen LogP contribution in [0.15, 0.2) is 25.3 Å². The molecule has 14 heavy (non-hydrogen) atoms. The zero-order chi connectivity index (χ0) is 10.4. The molecule has 0 aromatic rings. The molecule has 1 saturated carbocycles. The molecule has 1 fully saturated rings. The van der Waals surface area contributed by atoms with Crippen molar-refractivity contribution < 1.29 is 0 Å². The Balaban J connectivity index is 2.51. The zero-order valence-electron chi connectivity index (χ0n) is 8.78. The standard InChI is InChI=1S/C13H19N/c1-3-11-7-8-12(4-2)13(10-11)6-5-9-14/h3-4,11-13H,1-2,5-8,10H2. The zero-order valence-corrected chi connectivity index (χ0v) is 8.78. The van der Waals surface area contributed by atoms with E-state index in [1.54, 1.807) is 0 Å². The predicted molar refractivity (Wildman–Crippen MR) is 59.6 cm³/mol. The summed E-state index contributed by atoms with van der Waals surface area (Å²) in [5.74, 6) is 1.94. The fourth-order valence-electron chi connectivity index (χ4n) is 2.43. The summed E-state index contributed by atoms with van der Waals surface area (Å²) in [7, 11) is 0. The van der Waals surface area contributed by atoms with Gasteiger partial charge in [-0.3, -0.25) is 0 Å². The summed E-state index contributed by atoms with van der Waals surface area (Å²) < 4.78 is 0. The van der Waals surface area contributed by atoms with Crippen LogP contribution in [-0.2, 0) is 0 Å². The van der Waals surface area contributed by atoms with E-state index >= 15 is 0 Å². The number of hydrogen-bond donors (Lipinski definition) is 0. The summed E-state index contributed by atoms with van der Waals surface area (Å²) in [6.07, 6.45) is 9.50. The molecule has 3 atom stereocenters. The van der Waals surface area contributed by atoms with Gasteiger partial charge in [0.15, 0.2) is 0 Å². The predicted octanol–water partition coefficient (Wildman–Crippen LogP) is 3.69. The van der Waals surface area contributed by atoms with Gasteiger partial charge in [-0.15, -0.1) is 13.2 Å². The summed E-state index contributed by atoms with van der Waals surface area (Å²) in [4.78, 5) is 0. The highest BCUT2D eigenvalue weighted by molar-refractivity contribution is 4.94. The minimum absolute atomic E-state index is 0.625. The van der Waals surface area contributed by atoms with Crippen molar-refractivity contribution in [1.29, 1.82) is 5.26 Å². The third-order valence-corrected chi connectivity index (χ3v) is 3.34. The van der Waals surface area contributed by atoms with E-state index in [4.69, 9.17) is 5.26 Å². The number of allylic oxidation sites excluding steroid dienone is 2. The molecule has 1 aliphatic rings. The quantitative estimate of drug-likeness (QED) is 0.619. The lowest BCUT2D eigenvalue weighted by Crippen LogP contribution is -2.22. The maximum Gasteiger partial charge on any atom is 0.0621 e. The first-order valence-electron chi connectivity index (χ1n) is 5.43. The lowest BCUT2D eigenvalue weighted by atomic mass is 9.72. The minimum Gasteiger partial charge on any atom is -0.198 e. The fraction of sp³-hybridized carbons (Fsp3) is 0.615. The normalized spacial score (nSPS) is 31.8. The smallest absolute Gasteiger partial charge is 0.0621 e. The number of hydrogen-bond acceptors (Lipinski definition) is 1. The van der Waals surface area contributed by atoms with Gasteiger partial charge >= 0.3 is 0 Å². The molecule has 1 aliphatic carbocycles. The van der Waals surface area contributed by atoms with Crippen molar-refractivity contribution in [2.45, 2.75) is 32.1 Å². The van der Waals surface area contributed by atoms with Gasteiger partial charge in [0.25, 0.3) is 0 Å². The molecule has 0 spiro atoms. The van der Waals surface area contributed by atoms with E-state index < -0.39 is 0 Å². The molecule has 76 valence electrons. The van der Waals surface area contributed by atoms with Gasteiger partial charge in [-0.1, -0.05) is 12.2 Å². The second-order valence-corrected chi connectivity index (χ2v) is 4.17. The summed E-state index contributed by atoms with van der Waals surface area (Å²) in [5, 5.41) is 8.58. The van der Waals surface area contributed by atoms with Crippen molar-refractivity contribution in [3.63, 3.8) is 0 Å². The van der Waals surface area contributed by atoms with Crippen molar-refractivity contribution in [2.24, 2.45) is 17.8 Å². The molecular weight excluding hydrogens is 170 g/mol. The Labute approximate surface area is 87.1 Å². The molecular formula is C13H19N. The van der Waals surface area contributed by atoms with Crippen molar-refractivity contribution in [3.8, 4) is 6.07 Å². The Kier molecular flexibility index (Phi) is 4.46. The molecule has 1 rings (SSSR count). The van der Waals surface area contributed by atoms with Gasteiger partial charge in [-0.05, 0) is 43.4 Å². The highest BCUT2D eigenvalue weighted by Crippen LogP contribution is 2.37. The topological polar surface area (TPSA) is 23.8 Å². The van der Waals surface area contributed by atoms with E-state index in [1.165, 1.54) is 19.3 Å². The van der Waals surface area contributed by atoms with Crippen LogP contribution >= 0.6 is 0 Å². The number of nitrogens with zero attached hydrogens (tertiary/aromatic N) is 1. The summed E-state index contributed by atoms with van der Waals surface area (Å²) >= 11 is 0. The monoisotopic (exact) mass is 189 g/mol. The van der Waals surface area contributed by atoms with Gasteiger partial charge in [0.2, 0.25) is 0 Å². The van der Waals surface area contributed by atoms with Gasteiger partial charge in [-0.2, -0.15) is 5.26 Å². The van der Waals surface area contributed by atoms with E-state index in [0.717, 1.165) is 6.42 Å². The molecule has 0 radical (unpaired) electrons. The Bertz CT molecular complexity index is 236. The lowest BCUT2D eigenvalue weighted by Gasteiger charge is -2.33. The van der Waals surface area contributed by atoms with Gasteiger partial charge in [0, 0.05) is 6.42 Å². The van der Waals surface area contributed by atoms with Gasteiger partial charge in [-0.25, -0.2) is 0 Å². The van der Waals surface area contributed by atoms with Crippen LogP contribution in [0.3, 0.4) is 0 Å².